The van der Waals surface area contributed by atoms with Gasteiger partial charge in [0.2, 0.25) is 0 Å². The van der Waals surface area contributed by atoms with Crippen LogP contribution < -0.4 is 5.32 Å². The molecule has 1 rings (SSSR count). The van der Waals surface area contributed by atoms with Gasteiger partial charge in [-0.05, 0) is 26.3 Å². The quantitative estimate of drug-likeness (QED) is 0.790. The van der Waals surface area contributed by atoms with Crippen molar-refractivity contribution in [2.45, 2.75) is 65.5 Å². The highest BCUT2D eigenvalue weighted by Gasteiger charge is 2.27. The van der Waals surface area contributed by atoms with Gasteiger partial charge in [0.1, 0.15) is 5.82 Å². The van der Waals surface area contributed by atoms with E-state index in [1.165, 1.54) is 5.82 Å². The number of hydrogen-bond acceptors (Lipinski definition) is 2. The van der Waals surface area contributed by atoms with Gasteiger partial charge in [-0.2, -0.15) is 0 Å². The Bertz CT molecular complexity index is 328. The van der Waals surface area contributed by atoms with Gasteiger partial charge in [-0.25, -0.2) is 4.98 Å². The summed E-state index contributed by atoms with van der Waals surface area (Å²) in [6.07, 6.45) is 6.28. The van der Waals surface area contributed by atoms with Crippen LogP contribution in [0.2, 0.25) is 0 Å². The topological polar surface area (TPSA) is 29.9 Å². The molecule has 3 heteroatoms. The maximum Gasteiger partial charge on any atom is 0.114 e. The molecule has 0 aliphatic rings. The third-order valence-corrected chi connectivity index (χ3v) is 3.15. The summed E-state index contributed by atoms with van der Waals surface area (Å²) >= 11 is 0. The Hall–Kier alpha value is -0.830. The Morgan fingerprint density at radius 2 is 2.12 bits per heavy atom. The van der Waals surface area contributed by atoms with Crippen LogP contribution in [0.4, 0.5) is 0 Å². The van der Waals surface area contributed by atoms with Gasteiger partial charge in [-0.15, -0.1) is 0 Å². The molecule has 98 valence electrons. The zero-order chi connectivity index (χ0) is 12.9. The van der Waals surface area contributed by atoms with E-state index in [1.54, 1.807) is 0 Å². The first-order chi connectivity index (χ1) is 8.01. The van der Waals surface area contributed by atoms with Crippen molar-refractivity contribution >= 4 is 0 Å². The molecule has 3 nitrogen and oxygen atoms in total. The molecule has 1 heterocycles. The molecule has 17 heavy (non-hydrogen) atoms. The second-order valence-corrected chi connectivity index (χ2v) is 5.49. The molecule has 0 saturated heterocycles. The van der Waals surface area contributed by atoms with Crippen LogP contribution in [-0.4, -0.2) is 22.1 Å². The van der Waals surface area contributed by atoms with Crippen LogP contribution in [-0.2, 0) is 12.0 Å². The average molecular weight is 237 g/mol. The Balaban J connectivity index is 2.77. The molecule has 0 amide bonds. The number of aryl methyl sites for hydroxylation is 1. The monoisotopic (exact) mass is 237 g/mol. The fourth-order valence-electron chi connectivity index (χ4n) is 2.59. The van der Waals surface area contributed by atoms with Crippen LogP contribution in [0, 0.1) is 0 Å². The summed E-state index contributed by atoms with van der Waals surface area (Å²) < 4.78 is 2.29. The minimum absolute atomic E-state index is 0.125. The number of hydrogen-bond donors (Lipinski definition) is 1. The van der Waals surface area contributed by atoms with Crippen LogP contribution in [0.25, 0.3) is 0 Å². The van der Waals surface area contributed by atoms with Crippen LogP contribution >= 0.6 is 0 Å². The normalized spacial score (nSPS) is 13.9. The summed E-state index contributed by atoms with van der Waals surface area (Å²) in [5.41, 5.74) is 0.125. The lowest BCUT2D eigenvalue weighted by molar-refractivity contribution is 0.364. The standard InChI is InChI=1S/C14H27N3/c1-6-9-17-10-8-16-13(17)14(4,5)11-12(3)15-7-2/h8,10,12,15H,6-7,9,11H2,1-5H3. The number of nitrogens with one attached hydrogen (secondary N) is 1. The van der Waals surface area contributed by atoms with Gasteiger partial charge in [0.15, 0.2) is 0 Å². The van der Waals surface area contributed by atoms with Crippen molar-refractivity contribution in [3.05, 3.63) is 18.2 Å². The summed E-state index contributed by atoms with van der Waals surface area (Å²) in [7, 11) is 0. The van der Waals surface area contributed by atoms with Gasteiger partial charge in [-0.1, -0.05) is 27.7 Å². The minimum Gasteiger partial charge on any atom is -0.335 e. The molecule has 0 saturated carbocycles. The van der Waals surface area contributed by atoms with Crippen molar-refractivity contribution < 1.29 is 0 Å². The van der Waals surface area contributed by atoms with Crippen molar-refractivity contribution in [3.63, 3.8) is 0 Å². The fraction of sp³-hybridized carbons (Fsp3) is 0.786. The molecule has 0 radical (unpaired) electrons. The first-order valence-corrected chi connectivity index (χ1v) is 6.76. The summed E-state index contributed by atoms with van der Waals surface area (Å²) in [6, 6.07) is 0.529. The molecular weight excluding hydrogens is 210 g/mol. The lowest BCUT2D eigenvalue weighted by atomic mass is 9.85. The SMILES string of the molecule is CCCn1ccnc1C(C)(C)CC(C)NCC. The lowest BCUT2D eigenvalue weighted by Gasteiger charge is -2.28. The molecular formula is C14H27N3. The maximum atomic E-state index is 4.55. The van der Waals surface area contributed by atoms with E-state index in [0.717, 1.165) is 25.9 Å². The van der Waals surface area contributed by atoms with E-state index >= 15 is 0 Å². The number of nitrogens with zero attached hydrogens (tertiary/aromatic N) is 2. The van der Waals surface area contributed by atoms with Crippen molar-refractivity contribution in [2.75, 3.05) is 6.54 Å². The molecule has 0 bridgehead atoms. The smallest absolute Gasteiger partial charge is 0.114 e. The third-order valence-electron chi connectivity index (χ3n) is 3.15. The Labute approximate surface area is 106 Å². The second kappa shape index (κ2) is 6.20. The number of rotatable bonds is 7. The minimum atomic E-state index is 0.125. The van der Waals surface area contributed by atoms with Crippen molar-refractivity contribution in [3.8, 4) is 0 Å². The van der Waals surface area contributed by atoms with Gasteiger partial charge in [0.25, 0.3) is 0 Å². The predicted molar refractivity (Wildman–Crippen MR) is 73.3 cm³/mol. The molecule has 1 aromatic rings. The van der Waals surface area contributed by atoms with Crippen LogP contribution in [0.5, 0.6) is 0 Å². The largest absolute Gasteiger partial charge is 0.335 e. The van der Waals surface area contributed by atoms with Gasteiger partial charge < -0.3 is 9.88 Å². The lowest BCUT2D eigenvalue weighted by Crippen LogP contribution is -2.34. The molecule has 0 aromatic carbocycles. The van der Waals surface area contributed by atoms with E-state index in [9.17, 15) is 0 Å². The van der Waals surface area contributed by atoms with Crippen LogP contribution in [0.15, 0.2) is 12.4 Å². The van der Waals surface area contributed by atoms with Crippen molar-refractivity contribution in [2.24, 2.45) is 0 Å². The van der Waals surface area contributed by atoms with Crippen molar-refractivity contribution in [1.82, 2.24) is 14.9 Å². The van der Waals surface area contributed by atoms with E-state index in [-0.39, 0.29) is 5.41 Å². The van der Waals surface area contributed by atoms with E-state index in [0.29, 0.717) is 6.04 Å². The molecule has 1 aromatic heterocycles. The third kappa shape index (κ3) is 3.84. The molecule has 0 aliphatic carbocycles. The predicted octanol–water partition coefficient (Wildman–Crippen LogP) is 2.96. The van der Waals surface area contributed by atoms with E-state index in [2.05, 4.69) is 55.7 Å². The zero-order valence-electron chi connectivity index (χ0n) is 12.0. The Morgan fingerprint density at radius 1 is 1.41 bits per heavy atom. The summed E-state index contributed by atoms with van der Waals surface area (Å²) in [5, 5.41) is 3.48. The number of imidazole rings is 1. The van der Waals surface area contributed by atoms with Gasteiger partial charge in [0.05, 0.1) is 0 Å². The van der Waals surface area contributed by atoms with E-state index in [4.69, 9.17) is 0 Å². The molecule has 0 spiro atoms. The Morgan fingerprint density at radius 3 is 2.71 bits per heavy atom. The van der Waals surface area contributed by atoms with Crippen LogP contribution in [0.3, 0.4) is 0 Å². The molecule has 1 atom stereocenters. The molecule has 1 N–H and O–H groups in total. The Kier molecular flexibility index (Phi) is 5.19. The highest BCUT2D eigenvalue weighted by Crippen LogP contribution is 2.27. The van der Waals surface area contributed by atoms with Crippen molar-refractivity contribution in [1.29, 1.82) is 0 Å². The van der Waals surface area contributed by atoms with Gasteiger partial charge in [0, 0.05) is 30.4 Å². The first kappa shape index (κ1) is 14.2. The zero-order valence-corrected chi connectivity index (χ0v) is 12.0. The van der Waals surface area contributed by atoms with E-state index < -0.39 is 0 Å². The van der Waals surface area contributed by atoms with Crippen LogP contribution in [0.1, 0.15) is 53.3 Å². The highest BCUT2D eigenvalue weighted by atomic mass is 15.1. The number of aromatic nitrogens is 2. The first-order valence-electron chi connectivity index (χ1n) is 6.76. The summed E-state index contributed by atoms with van der Waals surface area (Å²) in [4.78, 5) is 4.55. The average Bonchev–Trinajstić information content (AvgIpc) is 2.66. The fourth-order valence-corrected chi connectivity index (χ4v) is 2.59. The highest BCUT2D eigenvalue weighted by molar-refractivity contribution is 5.07. The van der Waals surface area contributed by atoms with E-state index in [1.807, 2.05) is 6.20 Å². The summed E-state index contributed by atoms with van der Waals surface area (Å²) in [5.74, 6) is 1.21. The van der Waals surface area contributed by atoms with Gasteiger partial charge in [-0.3, -0.25) is 0 Å². The maximum absolute atomic E-state index is 4.55. The van der Waals surface area contributed by atoms with Gasteiger partial charge >= 0.3 is 0 Å². The molecule has 0 fully saturated rings. The molecule has 0 aliphatic heterocycles. The second-order valence-electron chi connectivity index (χ2n) is 5.49. The molecule has 1 unspecified atom stereocenters. The summed E-state index contributed by atoms with van der Waals surface area (Å²) in [6.45, 7) is 13.3.